The van der Waals surface area contributed by atoms with Gasteiger partial charge in [-0.1, -0.05) is 30.3 Å². The van der Waals surface area contributed by atoms with Crippen molar-refractivity contribution in [1.82, 2.24) is 0 Å². The number of rotatable bonds is 0. The highest BCUT2D eigenvalue weighted by molar-refractivity contribution is 5.96. The molecule has 0 saturated carbocycles. The third-order valence-corrected chi connectivity index (χ3v) is 4.03. The number of aryl methyl sites for hydroxylation is 1. The second-order valence-electron chi connectivity index (χ2n) is 4.98. The Kier molecular flexibility index (Phi) is 2.20. The van der Waals surface area contributed by atoms with Crippen molar-refractivity contribution < 1.29 is 4.79 Å². The summed E-state index contributed by atoms with van der Waals surface area (Å²) in [4.78, 5) is 11.8. The number of fused-ring (bicyclic) bond motifs is 3. The molecule has 0 saturated heterocycles. The maximum absolute atomic E-state index is 11.8. The lowest BCUT2D eigenvalue weighted by atomic mass is 9.69. The summed E-state index contributed by atoms with van der Waals surface area (Å²) < 4.78 is 0. The highest BCUT2D eigenvalue weighted by atomic mass is 16.1. The Labute approximate surface area is 96.2 Å². The fraction of sp³-hybridized carbons (Fsp3) is 0.400. The summed E-state index contributed by atoms with van der Waals surface area (Å²) in [6, 6.07) is 8.61. The van der Waals surface area contributed by atoms with Crippen molar-refractivity contribution in [3.05, 3.63) is 47.0 Å². The molecule has 0 N–H and O–H groups in total. The van der Waals surface area contributed by atoms with Crippen LogP contribution in [0, 0.1) is 5.92 Å². The SMILES string of the molecule is CC1=C[C@H]2CCc3ccccc3[C@@H]2CC1=O. The van der Waals surface area contributed by atoms with Crippen LogP contribution in [-0.4, -0.2) is 5.78 Å². The minimum atomic E-state index is 0.331. The molecule has 2 atom stereocenters. The van der Waals surface area contributed by atoms with E-state index in [1.807, 2.05) is 6.92 Å². The second-order valence-corrected chi connectivity index (χ2v) is 4.98. The van der Waals surface area contributed by atoms with Gasteiger partial charge in [0.1, 0.15) is 0 Å². The molecular weight excluding hydrogens is 196 g/mol. The fourth-order valence-electron chi connectivity index (χ4n) is 3.11. The summed E-state index contributed by atoms with van der Waals surface area (Å²) in [5.74, 6) is 1.37. The van der Waals surface area contributed by atoms with Crippen LogP contribution in [0.1, 0.15) is 36.8 Å². The molecule has 0 unspecified atom stereocenters. The van der Waals surface area contributed by atoms with E-state index in [1.54, 1.807) is 0 Å². The minimum Gasteiger partial charge on any atom is -0.295 e. The van der Waals surface area contributed by atoms with Gasteiger partial charge in [0, 0.05) is 6.42 Å². The van der Waals surface area contributed by atoms with Crippen molar-refractivity contribution in [2.24, 2.45) is 5.92 Å². The largest absolute Gasteiger partial charge is 0.295 e. The molecule has 1 aromatic rings. The van der Waals surface area contributed by atoms with Crippen LogP contribution in [-0.2, 0) is 11.2 Å². The van der Waals surface area contributed by atoms with Crippen LogP contribution in [0.25, 0.3) is 0 Å². The first-order chi connectivity index (χ1) is 7.75. The molecule has 0 radical (unpaired) electrons. The van der Waals surface area contributed by atoms with E-state index >= 15 is 0 Å². The Morgan fingerprint density at radius 1 is 1.25 bits per heavy atom. The smallest absolute Gasteiger partial charge is 0.158 e. The van der Waals surface area contributed by atoms with Crippen molar-refractivity contribution >= 4 is 5.78 Å². The van der Waals surface area contributed by atoms with Crippen molar-refractivity contribution in [2.75, 3.05) is 0 Å². The van der Waals surface area contributed by atoms with Crippen LogP contribution in [0.5, 0.6) is 0 Å². The van der Waals surface area contributed by atoms with Gasteiger partial charge in [0.25, 0.3) is 0 Å². The maximum Gasteiger partial charge on any atom is 0.158 e. The predicted molar refractivity (Wildman–Crippen MR) is 64.4 cm³/mol. The first-order valence-electron chi connectivity index (χ1n) is 6.05. The van der Waals surface area contributed by atoms with Gasteiger partial charge in [-0.2, -0.15) is 0 Å². The molecule has 0 amide bonds. The molecule has 0 aliphatic heterocycles. The number of ketones is 1. The fourth-order valence-corrected chi connectivity index (χ4v) is 3.11. The van der Waals surface area contributed by atoms with Gasteiger partial charge in [-0.3, -0.25) is 4.79 Å². The third-order valence-electron chi connectivity index (χ3n) is 4.03. The molecule has 1 heteroatoms. The van der Waals surface area contributed by atoms with Crippen LogP contribution >= 0.6 is 0 Å². The van der Waals surface area contributed by atoms with E-state index in [0.717, 1.165) is 12.0 Å². The average molecular weight is 212 g/mol. The van der Waals surface area contributed by atoms with E-state index in [4.69, 9.17) is 0 Å². The molecule has 2 aliphatic carbocycles. The van der Waals surface area contributed by atoms with Crippen LogP contribution in [0.2, 0.25) is 0 Å². The van der Waals surface area contributed by atoms with Crippen molar-refractivity contribution in [3.63, 3.8) is 0 Å². The summed E-state index contributed by atoms with van der Waals surface area (Å²) in [7, 11) is 0. The maximum atomic E-state index is 11.8. The highest BCUT2D eigenvalue weighted by Gasteiger charge is 2.33. The number of carbonyl (C=O) groups is 1. The molecule has 0 spiro atoms. The summed E-state index contributed by atoms with van der Waals surface area (Å²) >= 11 is 0. The van der Waals surface area contributed by atoms with Gasteiger partial charge < -0.3 is 0 Å². The van der Waals surface area contributed by atoms with E-state index < -0.39 is 0 Å². The van der Waals surface area contributed by atoms with Crippen molar-refractivity contribution in [2.45, 2.75) is 32.1 Å². The summed E-state index contributed by atoms with van der Waals surface area (Å²) in [6.45, 7) is 1.96. The zero-order chi connectivity index (χ0) is 11.1. The number of Topliss-reactive ketones (excluding diaryl/α,β-unsaturated/α-hetero) is 1. The standard InChI is InChI=1S/C15H16O/c1-10-8-12-7-6-11-4-2-3-5-13(11)14(12)9-15(10)16/h2-5,8,12,14H,6-7,9H2,1H3/t12-,14-/m1/s1. The predicted octanol–water partition coefficient (Wildman–Crippen LogP) is 3.25. The number of carbonyl (C=O) groups excluding carboxylic acids is 1. The number of hydrogen-bond donors (Lipinski definition) is 0. The van der Waals surface area contributed by atoms with Crippen LogP contribution in [0.4, 0.5) is 0 Å². The van der Waals surface area contributed by atoms with Crippen molar-refractivity contribution in [1.29, 1.82) is 0 Å². The molecule has 82 valence electrons. The number of benzene rings is 1. The van der Waals surface area contributed by atoms with E-state index in [-0.39, 0.29) is 0 Å². The highest BCUT2D eigenvalue weighted by Crippen LogP contribution is 2.42. The average Bonchev–Trinajstić information content (AvgIpc) is 2.31. The lowest BCUT2D eigenvalue weighted by Gasteiger charge is -2.34. The topological polar surface area (TPSA) is 17.1 Å². The van der Waals surface area contributed by atoms with E-state index in [2.05, 4.69) is 30.3 Å². The Bertz CT molecular complexity index is 470. The Balaban J connectivity index is 2.05. The van der Waals surface area contributed by atoms with Gasteiger partial charge >= 0.3 is 0 Å². The van der Waals surface area contributed by atoms with Crippen molar-refractivity contribution in [3.8, 4) is 0 Å². The lowest BCUT2D eigenvalue weighted by molar-refractivity contribution is -0.116. The first-order valence-corrected chi connectivity index (χ1v) is 6.05. The Morgan fingerprint density at radius 3 is 2.94 bits per heavy atom. The molecular formula is C15H16O. The Morgan fingerprint density at radius 2 is 2.06 bits per heavy atom. The molecule has 1 nitrogen and oxygen atoms in total. The second kappa shape index (κ2) is 3.58. The van der Waals surface area contributed by atoms with E-state index in [9.17, 15) is 4.79 Å². The monoisotopic (exact) mass is 212 g/mol. The molecule has 3 rings (SSSR count). The first kappa shape index (κ1) is 9.83. The summed E-state index contributed by atoms with van der Waals surface area (Å²) in [5, 5.41) is 0. The van der Waals surface area contributed by atoms with Gasteiger partial charge in [-0.05, 0) is 48.3 Å². The lowest BCUT2D eigenvalue weighted by Crippen LogP contribution is -2.26. The minimum absolute atomic E-state index is 0.331. The zero-order valence-corrected chi connectivity index (χ0v) is 9.57. The molecule has 16 heavy (non-hydrogen) atoms. The summed E-state index contributed by atoms with van der Waals surface area (Å²) in [6.07, 6.45) is 5.28. The third kappa shape index (κ3) is 1.42. The molecule has 0 fully saturated rings. The van der Waals surface area contributed by atoms with Crippen LogP contribution < -0.4 is 0 Å². The molecule has 0 heterocycles. The van der Waals surface area contributed by atoms with Gasteiger partial charge in [-0.15, -0.1) is 0 Å². The number of hydrogen-bond acceptors (Lipinski definition) is 1. The zero-order valence-electron chi connectivity index (χ0n) is 9.57. The van der Waals surface area contributed by atoms with E-state index in [1.165, 1.54) is 17.5 Å². The van der Waals surface area contributed by atoms with Crippen LogP contribution in [0.3, 0.4) is 0 Å². The van der Waals surface area contributed by atoms with E-state index in [0.29, 0.717) is 24.0 Å². The molecule has 0 aromatic heterocycles. The van der Waals surface area contributed by atoms with Gasteiger partial charge in [0.05, 0.1) is 0 Å². The van der Waals surface area contributed by atoms with Gasteiger partial charge in [0.2, 0.25) is 0 Å². The molecule has 1 aromatic carbocycles. The van der Waals surface area contributed by atoms with Crippen LogP contribution in [0.15, 0.2) is 35.9 Å². The Hall–Kier alpha value is -1.37. The molecule has 2 aliphatic rings. The quantitative estimate of drug-likeness (QED) is 0.645. The van der Waals surface area contributed by atoms with Gasteiger partial charge in [0.15, 0.2) is 5.78 Å². The normalized spacial score (nSPS) is 28.1. The number of allylic oxidation sites excluding steroid dienone is 2. The molecule has 0 bridgehead atoms. The van der Waals surface area contributed by atoms with Gasteiger partial charge in [-0.25, -0.2) is 0 Å². The summed E-state index contributed by atoms with van der Waals surface area (Å²) in [5.41, 5.74) is 3.83.